The summed E-state index contributed by atoms with van der Waals surface area (Å²) in [6, 6.07) is 10.3. The average molecular weight is 513 g/mol. The van der Waals surface area contributed by atoms with Gasteiger partial charge < -0.3 is 14.3 Å². The Balaban J connectivity index is 1.63. The maximum atomic E-state index is 11.9. The Morgan fingerprint density at radius 2 is 1.75 bits per heavy atom. The van der Waals surface area contributed by atoms with Gasteiger partial charge in [0.25, 0.3) is 0 Å². The Labute approximate surface area is 222 Å². The predicted molar refractivity (Wildman–Crippen MR) is 154 cm³/mol. The molecule has 1 aromatic carbocycles. The third-order valence-corrected chi connectivity index (χ3v) is 14.0. The molecule has 0 unspecified atom stereocenters. The molecule has 202 valence electrons. The van der Waals surface area contributed by atoms with Gasteiger partial charge in [-0.05, 0) is 66.1 Å². The van der Waals surface area contributed by atoms with Gasteiger partial charge in [-0.3, -0.25) is 0 Å². The topological polar surface area (TPSA) is 38.7 Å². The summed E-state index contributed by atoms with van der Waals surface area (Å²) in [4.78, 5) is 0. The van der Waals surface area contributed by atoms with Crippen molar-refractivity contribution in [2.24, 2.45) is 35.0 Å². The molecule has 4 rings (SSSR count). The largest absolute Gasteiger partial charge is 0.417 e. The van der Waals surface area contributed by atoms with Gasteiger partial charge in [-0.2, -0.15) is 0 Å². The van der Waals surface area contributed by atoms with Gasteiger partial charge in [-0.1, -0.05) is 103 Å². The fourth-order valence-corrected chi connectivity index (χ4v) is 6.74. The van der Waals surface area contributed by atoms with E-state index in [1.54, 1.807) is 0 Å². The minimum atomic E-state index is -1.79. The minimum absolute atomic E-state index is 0.221. The summed E-state index contributed by atoms with van der Waals surface area (Å²) in [5.74, 6) is 2.25. The highest BCUT2D eigenvalue weighted by molar-refractivity contribution is 6.74. The smallest absolute Gasteiger partial charge is 0.191 e. The van der Waals surface area contributed by atoms with Crippen LogP contribution in [0.4, 0.5) is 0 Å². The van der Waals surface area contributed by atoms with Crippen LogP contribution in [0.15, 0.2) is 54.6 Å². The summed E-state index contributed by atoms with van der Waals surface area (Å²) in [5, 5.41) is 12.1. The highest BCUT2D eigenvalue weighted by Gasteiger charge is 2.55. The van der Waals surface area contributed by atoms with Crippen molar-refractivity contribution in [3.05, 3.63) is 60.2 Å². The number of fused-ring (bicyclic) bond motifs is 2. The molecule has 1 aromatic rings. The third-order valence-electron chi connectivity index (χ3n) is 9.50. The second-order valence-corrected chi connectivity index (χ2v) is 18.6. The molecule has 1 N–H and O–H groups in total. The van der Waals surface area contributed by atoms with E-state index in [4.69, 9.17) is 9.16 Å². The first-order valence-electron chi connectivity index (χ1n) is 14.0. The van der Waals surface area contributed by atoms with E-state index in [-0.39, 0.29) is 16.4 Å². The van der Waals surface area contributed by atoms with Crippen LogP contribution in [-0.2, 0) is 15.8 Å². The predicted octanol–water partition coefficient (Wildman–Crippen LogP) is 8.02. The number of hydrogen-bond acceptors (Lipinski definition) is 3. The summed E-state index contributed by atoms with van der Waals surface area (Å²) in [6.07, 6.45) is 10.8. The molecule has 0 heterocycles. The highest BCUT2D eigenvalue weighted by atomic mass is 28.4. The van der Waals surface area contributed by atoms with Crippen LogP contribution >= 0.6 is 0 Å². The first kappa shape index (κ1) is 29.4. The van der Waals surface area contributed by atoms with Crippen LogP contribution in [0.2, 0.25) is 18.1 Å². The van der Waals surface area contributed by atoms with E-state index < -0.39 is 13.9 Å². The molecule has 6 atom stereocenters. The lowest BCUT2D eigenvalue weighted by Crippen LogP contribution is -2.56. The first-order chi connectivity index (χ1) is 16.7. The van der Waals surface area contributed by atoms with Gasteiger partial charge in [0.05, 0.1) is 18.8 Å². The number of aliphatic hydroxyl groups is 1. The van der Waals surface area contributed by atoms with E-state index in [9.17, 15) is 5.11 Å². The monoisotopic (exact) mass is 512 g/mol. The molecule has 3 aliphatic rings. The molecule has 0 aliphatic heterocycles. The summed E-state index contributed by atoms with van der Waals surface area (Å²) < 4.78 is 12.7. The minimum Gasteiger partial charge on any atom is -0.417 e. The van der Waals surface area contributed by atoms with Gasteiger partial charge in [-0.15, -0.1) is 0 Å². The van der Waals surface area contributed by atoms with Crippen LogP contribution in [0.1, 0.15) is 66.9 Å². The summed E-state index contributed by atoms with van der Waals surface area (Å²) in [7, 11) is -1.79. The molecule has 1 fully saturated rings. The second kappa shape index (κ2) is 11.3. The molecule has 1 saturated carbocycles. The maximum absolute atomic E-state index is 11.9. The molecule has 3 nitrogen and oxygen atoms in total. The molecule has 0 saturated heterocycles. The van der Waals surface area contributed by atoms with E-state index in [0.29, 0.717) is 36.9 Å². The van der Waals surface area contributed by atoms with E-state index in [1.807, 2.05) is 18.2 Å². The molecular weight excluding hydrogens is 460 g/mol. The maximum Gasteiger partial charge on any atom is 0.191 e. The Hall–Kier alpha value is -1.20. The lowest BCUT2D eigenvalue weighted by molar-refractivity contribution is -0.0996. The number of ether oxygens (including phenoxy) is 1. The third kappa shape index (κ3) is 6.62. The van der Waals surface area contributed by atoms with Gasteiger partial charge >= 0.3 is 0 Å². The molecule has 4 heteroatoms. The van der Waals surface area contributed by atoms with Crippen LogP contribution in [0, 0.1) is 35.0 Å². The highest BCUT2D eigenvalue weighted by Crippen LogP contribution is 2.57. The van der Waals surface area contributed by atoms with Crippen LogP contribution in [0.25, 0.3) is 0 Å². The summed E-state index contributed by atoms with van der Waals surface area (Å²) in [6.45, 7) is 22.9. The van der Waals surface area contributed by atoms with Crippen LogP contribution in [0.5, 0.6) is 0 Å². The number of rotatable bonds is 11. The van der Waals surface area contributed by atoms with E-state index >= 15 is 0 Å². The Morgan fingerprint density at radius 1 is 1.08 bits per heavy atom. The lowest BCUT2D eigenvalue weighted by atomic mass is 9.51. The number of hydrogen-bond donors (Lipinski definition) is 1. The van der Waals surface area contributed by atoms with Gasteiger partial charge in [0.15, 0.2) is 8.32 Å². The van der Waals surface area contributed by atoms with Crippen LogP contribution in [0.3, 0.4) is 0 Å². The van der Waals surface area contributed by atoms with Gasteiger partial charge in [-0.25, -0.2) is 0 Å². The summed E-state index contributed by atoms with van der Waals surface area (Å²) >= 11 is 0. The van der Waals surface area contributed by atoms with Crippen molar-refractivity contribution in [1.29, 1.82) is 0 Å². The van der Waals surface area contributed by atoms with Crippen molar-refractivity contribution in [2.45, 2.75) is 91.6 Å². The second-order valence-electron chi connectivity index (χ2n) is 13.8. The lowest BCUT2D eigenvalue weighted by Gasteiger charge is -2.57. The van der Waals surface area contributed by atoms with Crippen LogP contribution < -0.4 is 0 Å². The van der Waals surface area contributed by atoms with E-state index in [1.165, 1.54) is 5.56 Å². The number of benzene rings is 1. The van der Waals surface area contributed by atoms with Crippen molar-refractivity contribution in [1.82, 2.24) is 0 Å². The Kier molecular flexibility index (Phi) is 9.19. The summed E-state index contributed by atoms with van der Waals surface area (Å²) in [5.41, 5.74) is 0.133. The van der Waals surface area contributed by atoms with Crippen molar-refractivity contribution < 1.29 is 14.3 Å². The van der Waals surface area contributed by atoms with E-state index in [2.05, 4.69) is 98.0 Å². The zero-order valence-corrected chi connectivity index (χ0v) is 25.4. The van der Waals surface area contributed by atoms with Gasteiger partial charge in [0.1, 0.15) is 0 Å². The van der Waals surface area contributed by atoms with Crippen molar-refractivity contribution >= 4 is 8.32 Å². The Morgan fingerprint density at radius 3 is 2.33 bits per heavy atom. The molecule has 0 radical (unpaired) electrons. The zero-order chi connectivity index (χ0) is 26.8. The molecule has 2 bridgehead atoms. The quantitative estimate of drug-likeness (QED) is 0.241. The Bertz CT molecular complexity index is 900. The molecule has 0 spiro atoms. The fraction of sp³-hybridized carbons (Fsp3) is 0.688. The SMILES string of the molecule is CC(C)[C@@H](CO[Si](C)(C)C(C)(C)C)[C@@H]1C[C@@]2(C)C=C[C@H]1C[C@@]2(O)/C=C/[C@H](C)COCc1ccccc1. The van der Waals surface area contributed by atoms with Crippen molar-refractivity contribution in [3.8, 4) is 0 Å². The standard InChI is InChI=1S/C32H52O3Si/c1-24(2)29(23-35-36(8,9)30(4,5)6)28-20-31(7)17-16-27(28)19-32(31,33)18-15-25(3)21-34-22-26-13-11-10-12-14-26/h10-18,24-25,27-29,33H,19-23H2,1-9H3/b18-15+/t25-,27-,28+,29+,31+,32-/m0/s1. The normalized spacial score (nSPS) is 30.3. The average Bonchev–Trinajstić information content (AvgIpc) is 2.79. The zero-order valence-electron chi connectivity index (χ0n) is 24.4. The molecular formula is C32H52O3Si. The molecule has 0 amide bonds. The molecule has 3 aliphatic carbocycles. The van der Waals surface area contributed by atoms with Crippen LogP contribution in [-0.4, -0.2) is 32.2 Å². The fourth-order valence-electron chi connectivity index (χ4n) is 5.70. The first-order valence-corrected chi connectivity index (χ1v) is 16.9. The van der Waals surface area contributed by atoms with Gasteiger partial charge in [0.2, 0.25) is 0 Å². The van der Waals surface area contributed by atoms with Crippen molar-refractivity contribution in [2.75, 3.05) is 13.2 Å². The molecule has 36 heavy (non-hydrogen) atoms. The van der Waals surface area contributed by atoms with E-state index in [0.717, 1.165) is 19.4 Å². The van der Waals surface area contributed by atoms with Crippen molar-refractivity contribution in [3.63, 3.8) is 0 Å². The molecule has 0 aromatic heterocycles. The van der Waals surface area contributed by atoms with Gasteiger partial charge in [0, 0.05) is 12.0 Å². The number of allylic oxidation sites excluding steroid dienone is 1.